The predicted molar refractivity (Wildman–Crippen MR) is 103 cm³/mol. The van der Waals surface area contributed by atoms with E-state index in [-0.39, 0.29) is 17.5 Å². The number of hydrogen-bond donors (Lipinski definition) is 1. The van der Waals surface area contributed by atoms with Crippen LogP contribution < -0.4 is 9.64 Å². The number of hydrogen-bond acceptors (Lipinski definition) is 4. The van der Waals surface area contributed by atoms with Crippen LogP contribution in [-0.4, -0.2) is 48.1 Å². The summed E-state index contributed by atoms with van der Waals surface area (Å²) in [7, 11) is 1.45. The molecule has 3 rings (SSSR count). The summed E-state index contributed by atoms with van der Waals surface area (Å²) in [5, 5.41) is 9.35. The first-order chi connectivity index (χ1) is 12.9. The van der Waals surface area contributed by atoms with E-state index in [9.17, 15) is 14.7 Å². The van der Waals surface area contributed by atoms with Crippen molar-refractivity contribution in [3.05, 3.63) is 59.2 Å². The second-order valence-electron chi connectivity index (χ2n) is 6.94. The minimum Gasteiger partial charge on any atom is -0.496 e. The van der Waals surface area contributed by atoms with Gasteiger partial charge in [-0.2, -0.15) is 0 Å². The van der Waals surface area contributed by atoms with Crippen molar-refractivity contribution in [2.24, 2.45) is 0 Å². The molecule has 1 heterocycles. The van der Waals surface area contributed by atoms with E-state index in [1.54, 1.807) is 12.1 Å². The lowest BCUT2D eigenvalue weighted by atomic mass is 10.1. The van der Waals surface area contributed by atoms with E-state index in [1.807, 2.05) is 42.2 Å². The predicted octanol–water partition coefficient (Wildman–Crippen LogP) is 2.94. The Morgan fingerprint density at radius 3 is 2.70 bits per heavy atom. The summed E-state index contributed by atoms with van der Waals surface area (Å²) >= 11 is 0. The lowest BCUT2D eigenvalue weighted by molar-refractivity contribution is -0.122. The third kappa shape index (κ3) is 4.11. The number of amides is 1. The van der Waals surface area contributed by atoms with Gasteiger partial charge in [0, 0.05) is 24.8 Å². The van der Waals surface area contributed by atoms with Gasteiger partial charge in [0.2, 0.25) is 5.91 Å². The number of methoxy groups -OCH3 is 1. The minimum atomic E-state index is -1.03. The van der Waals surface area contributed by atoms with Crippen molar-refractivity contribution in [1.29, 1.82) is 0 Å². The Morgan fingerprint density at radius 2 is 2.04 bits per heavy atom. The molecular formula is C21H24N2O4. The fourth-order valence-electron chi connectivity index (χ4n) is 3.41. The van der Waals surface area contributed by atoms with Crippen LogP contribution in [0.1, 0.15) is 28.4 Å². The molecule has 1 fully saturated rings. The van der Waals surface area contributed by atoms with Crippen LogP contribution in [0.25, 0.3) is 0 Å². The maximum absolute atomic E-state index is 12.7. The number of nitrogens with zero attached hydrogens (tertiary/aromatic N) is 2. The molecule has 6 nitrogen and oxygen atoms in total. The normalized spacial score (nSPS) is 17.8. The van der Waals surface area contributed by atoms with E-state index in [2.05, 4.69) is 11.8 Å². The SMILES string of the molecule is COc1ccc(CN2CC(=O)N(c3cccc(C)c3)C[C@@H]2C)cc1C(=O)O. The molecular weight excluding hydrogens is 344 g/mol. The van der Waals surface area contributed by atoms with Crippen molar-refractivity contribution in [2.75, 3.05) is 25.1 Å². The van der Waals surface area contributed by atoms with E-state index in [0.717, 1.165) is 16.8 Å². The summed E-state index contributed by atoms with van der Waals surface area (Å²) in [5.74, 6) is -0.646. The summed E-state index contributed by atoms with van der Waals surface area (Å²) in [6, 6.07) is 13.2. The molecule has 27 heavy (non-hydrogen) atoms. The number of piperazine rings is 1. The van der Waals surface area contributed by atoms with Crippen molar-refractivity contribution in [3.63, 3.8) is 0 Å². The smallest absolute Gasteiger partial charge is 0.339 e. The van der Waals surface area contributed by atoms with E-state index in [0.29, 0.717) is 25.4 Å². The molecule has 0 saturated carbocycles. The topological polar surface area (TPSA) is 70.1 Å². The third-order valence-corrected chi connectivity index (χ3v) is 4.90. The molecule has 1 N–H and O–H groups in total. The van der Waals surface area contributed by atoms with E-state index in [1.165, 1.54) is 7.11 Å². The molecule has 0 unspecified atom stereocenters. The van der Waals surface area contributed by atoms with Gasteiger partial charge in [-0.3, -0.25) is 9.69 Å². The molecule has 142 valence electrons. The van der Waals surface area contributed by atoms with Crippen LogP contribution in [-0.2, 0) is 11.3 Å². The maximum atomic E-state index is 12.7. The zero-order valence-corrected chi connectivity index (χ0v) is 15.8. The van der Waals surface area contributed by atoms with Crippen LogP contribution in [0.2, 0.25) is 0 Å². The average molecular weight is 368 g/mol. The Hall–Kier alpha value is -2.86. The number of aryl methyl sites for hydroxylation is 1. The number of carbonyl (C=O) groups is 2. The van der Waals surface area contributed by atoms with Gasteiger partial charge in [-0.15, -0.1) is 0 Å². The third-order valence-electron chi connectivity index (χ3n) is 4.90. The summed E-state index contributed by atoms with van der Waals surface area (Å²) < 4.78 is 5.11. The van der Waals surface area contributed by atoms with Crippen molar-refractivity contribution < 1.29 is 19.4 Å². The first kappa shape index (κ1) is 18.9. The highest BCUT2D eigenvalue weighted by molar-refractivity contribution is 5.95. The Morgan fingerprint density at radius 1 is 1.26 bits per heavy atom. The van der Waals surface area contributed by atoms with Gasteiger partial charge in [-0.25, -0.2) is 4.79 Å². The zero-order chi connectivity index (χ0) is 19.6. The van der Waals surface area contributed by atoms with Crippen molar-refractivity contribution in [1.82, 2.24) is 4.90 Å². The number of anilines is 1. The number of benzene rings is 2. The van der Waals surface area contributed by atoms with Gasteiger partial charge in [-0.05, 0) is 49.2 Å². The first-order valence-electron chi connectivity index (χ1n) is 8.90. The Balaban J connectivity index is 1.75. The van der Waals surface area contributed by atoms with Crippen LogP contribution in [0.15, 0.2) is 42.5 Å². The van der Waals surface area contributed by atoms with Gasteiger partial charge in [0.1, 0.15) is 11.3 Å². The van der Waals surface area contributed by atoms with E-state index in [4.69, 9.17) is 4.74 Å². The number of aromatic carboxylic acids is 1. The standard InChI is InChI=1S/C21H24N2O4/c1-14-5-4-6-17(9-14)23-11-15(2)22(13-20(23)24)12-16-7-8-19(27-3)18(10-16)21(25)26/h4-10,15H,11-13H2,1-3H3,(H,25,26)/t15-/m0/s1. The fourth-order valence-corrected chi connectivity index (χ4v) is 3.41. The number of carboxylic acid groups (broad SMARTS) is 1. The Bertz CT molecular complexity index is 865. The highest BCUT2D eigenvalue weighted by Crippen LogP contribution is 2.24. The molecule has 0 spiro atoms. The molecule has 1 aliphatic rings. The molecule has 1 saturated heterocycles. The molecule has 2 aromatic carbocycles. The van der Waals surface area contributed by atoms with Crippen molar-refractivity contribution in [3.8, 4) is 5.75 Å². The van der Waals surface area contributed by atoms with Crippen LogP contribution in [0, 0.1) is 6.92 Å². The Labute approximate surface area is 159 Å². The largest absolute Gasteiger partial charge is 0.496 e. The van der Waals surface area contributed by atoms with Gasteiger partial charge in [-0.1, -0.05) is 18.2 Å². The summed E-state index contributed by atoms with van der Waals surface area (Å²) in [5.41, 5.74) is 3.02. The van der Waals surface area contributed by atoms with Gasteiger partial charge < -0.3 is 14.7 Å². The second kappa shape index (κ2) is 7.80. The summed E-state index contributed by atoms with van der Waals surface area (Å²) in [4.78, 5) is 28.0. The number of ether oxygens (including phenoxy) is 1. The van der Waals surface area contributed by atoms with Crippen molar-refractivity contribution in [2.45, 2.75) is 26.4 Å². The van der Waals surface area contributed by atoms with E-state index < -0.39 is 5.97 Å². The molecule has 0 aromatic heterocycles. The monoisotopic (exact) mass is 368 g/mol. The van der Waals surface area contributed by atoms with Crippen LogP contribution in [0.4, 0.5) is 5.69 Å². The molecule has 1 atom stereocenters. The Kier molecular flexibility index (Phi) is 5.46. The molecule has 2 aromatic rings. The second-order valence-corrected chi connectivity index (χ2v) is 6.94. The van der Waals surface area contributed by atoms with E-state index >= 15 is 0 Å². The molecule has 0 radical (unpaired) electrons. The number of carbonyl (C=O) groups excluding carboxylic acids is 1. The maximum Gasteiger partial charge on any atom is 0.339 e. The highest BCUT2D eigenvalue weighted by atomic mass is 16.5. The van der Waals surface area contributed by atoms with Gasteiger partial charge in [0.15, 0.2) is 0 Å². The van der Waals surface area contributed by atoms with Crippen LogP contribution >= 0.6 is 0 Å². The molecule has 0 aliphatic carbocycles. The molecule has 0 bridgehead atoms. The van der Waals surface area contributed by atoms with Gasteiger partial charge in [0.05, 0.1) is 13.7 Å². The number of rotatable bonds is 5. The molecule has 1 amide bonds. The zero-order valence-electron chi connectivity index (χ0n) is 15.8. The van der Waals surface area contributed by atoms with Crippen molar-refractivity contribution >= 4 is 17.6 Å². The quantitative estimate of drug-likeness (QED) is 0.879. The lowest BCUT2D eigenvalue weighted by Gasteiger charge is -2.39. The fraction of sp³-hybridized carbons (Fsp3) is 0.333. The molecule has 1 aliphatic heterocycles. The lowest BCUT2D eigenvalue weighted by Crippen LogP contribution is -2.54. The first-order valence-corrected chi connectivity index (χ1v) is 8.90. The molecule has 6 heteroatoms. The summed E-state index contributed by atoms with van der Waals surface area (Å²) in [6.45, 7) is 5.50. The average Bonchev–Trinajstić information content (AvgIpc) is 2.64. The highest BCUT2D eigenvalue weighted by Gasteiger charge is 2.30. The van der Waals surface area contributed by atoms with Crippen LogP contribution in [0.5, 0.6) is 5.75 Å². The number of carboxylic acids is 1. The summed E-state index contributed by atoms with van der Waals surface area (Å²) in [6.07, 6.45) is 0. The van der Waals surface area contributed by atoms with Gasteiger partial charge in [0.25, 0.3) is 0 Å². The van der Waals surface area contributed by atoms with Crippen LogP contribution in [0.3, 0.4) is 0 Å². The van der Waals surface area contributed by atoms with Gasteiger partial charge >= 0.3 is 5.97 Å². The minimum absolute atomic E-state index is 0.0469.